The number of halogens is 1. The van der Waals surface area contributed by atoms with Crippen LogP contribution in [0.2, 0.25) is 5.02 Å². The lowest BCUT2D eigenvalue weighted by atomic mass is 10.2. The number of hydrogen-bond donors (Lipinski definition) is 1. The number of benzene rings is 3. The number of hydrazone groups is 1. The summed E-state index contributed by atoms with van der Waals surface area (Å²) < 4.78 is 44.7. The molecule has 0 atom stereocenters. The molecule has 1 N–H and O–H groups in total. The van der Waals surface area contributed by atoms with Gasteiger partial charge in [-0.15, -0.1) is 0 Å². The summed E-state index contributed by atoms with van der Waals surface area (Å²) in [6.07, 6.45) is 2.29. The van der Waals surface area contributed by atoms with Crippen molar-refractivity contribution in [3.05, 3.63) is 77.3 Å². The third-order valence-corrected chi connectivity index (χ3v) is 7.17. The molecule has 0 aliphatic carbocycles. The molecule has 0 aliphatic heterocycles. The molecule has 3 aromatic carbocycles. The Morgan fingerprint density at radius 1 is 1.00 bits per heavy atom. The SMILES string of the molecule is CCCOc1ccc(/C=N\NC(=O)CN(c2cc(Cl)ccc2OC)S(=O)(=O)c2ccccc2)cc1OCC. The highest BCUT2D eigenvalue weighted by Crippen LogP contribution is 2.34. The summed E-state index contributed by atoms with van der Waals surface area (Å²) >= 11 is 6.16. The fourth-order valence-corrected chi connectivity index (χ4v) is 5.04. The van der Waals surface area contributed by atoms with Gasteiger partial charge in [-0.2, -0.15) is 5.10 Å². The molecule has 0 unspecified atom stereocenters. The van der Waals surface area contributed by atoms with Crippen molar-refractivity contribution >= 4 is 39.4 Å². The Morgan fingerprint density at radius 2 is 1.74 bits per heavy atom. The largest absolute Gasteiger partial charge is 0.495 e. The Morgan fingerprint density at radius 3 is 2.42 bits per heavy atom. The fourth-order valence-electron chi connectivity index (χ4n) is 3.43. The van der Waals surface area contributed by atoms with Gasteiger partial charge in [0.05, 0.1) is 37.1 Å². The Kier molecular flexibility index (Phi) is 10.4. The van der Waals surface area contributed by atoms with E-state index in [2.05, 4.69) is 10.5 Å². The van der Waals surface area contributed by atoms with Crippen molar-refractivity contribution in [3.8, 4) is 17.2 Å². The summed E-state index contributed by atoms with van der Waals surface area (Å²) in [5.41, 5.74) is 3.16. The van der Waals surface area contributed by atoms with Crippen LogP contribution < -0.4 is 23.9 Å². The van der Waals surface area contributed by atoms with Crippen LogP contribution in [0.4, 0.5) is 5.69 Å². The first kappa shape index (κ1) is 28.8. The minimum Gasteiger partial charge on any atom is -0.495 e. The van der Waals surface area contributed by atoms with Crippen molar-refractivity contribution in [3.63, 3.8) is 0 Å². The number of amides is 1. The number of methoxy groups -OCH3 is 1. The zero-order valence-corrected chi connectivity index (χ0v) is 23.0. The Hall–Kier alpha value is -3.76. The molecular formula is C27H30ClN3O6S. The van der Waals surface area contributed by atoms with Crippen LogP contribution in [-0.2, 0) is 14.8 Å². The van der Waals surface area contributed by atoms with Gasteiger partial charge in [0.25, 0.3) is 15.9 Å². The van der Waals surface area contributed by atoms with Crippen molar-refractivity contribution in [2.75, 3.05) is 31.2 Å². The summed E-state index contributed by atoms with van der Waals surface area (Å²) in [6.45, 7) is 4.33. The smallest absolute Gasteiger partial charge is 0.264 e. The highest BCUT2D eigenvalue weighted by molar-refractivity contribution is 7.92. The molecule has 0 aromatic heterocycles. The summed E-state index contributed by atoms with van der Waals surface area (Å²) in [4.78, 5) is 12.9. The van der Waals surface area contributed by atoms with Gasteiger partial charge in [-0.3, -0.25) is 9.10 Å². The predicted molar refractivity (Wildman–Crippen MR) is 148 cm³/mol. The molecule has 3 rings (SSSR count). The number of nitrogens with one attached hydrogen (secondary N) is 1. The van der Waals surface area contributed by atoms with Crippen LogP contribution >= 0.6 is 11.6 Å². The van der Waals surface area contributed by atoms with Crippen molar-refractivity contribution < 1.29 is 27.4 Å². The first-order valence-electron chi connectivity index (χ1n) is 11.9. The number of carbonyl (C=O) groups is 1. The highest BCUT2D eigenvalue weighted by Gasteiger charge is 2.29. The van der Waals surface area contributed by atoms with E-state index in [0.29, 0.717) is 30.3 Å². The van der Waals surface area contributed by atoms with Gasteiger partial charge in [-0.25, -0.2) is 13.8 Å². The van der Waals surface area contributed by atoms with Crippen LogP contribution in [0, 0.1) is 0 Å². The fraction of sp³-hybridized carbons (Fsp3) is 0.259. The molecule has 1 amide bonds. The maximum Gasteiger partial charge on any atom is 0.264 e. The van der Waals surface area contributed by atoms with E-state index in [1.54, 1.807) is 42.5 Å². The second-order valence-corrected chi connectivity index (χ2v) is 10.2. The highest BCUT2D eigenvalue weighted by atomic mass is 35.5. The number of nitrogens with zero attached hydrogens (tertiary/aromatic N) is 2. The molecule has 0 aliphatic rings. The van der Waals surface area contributed by atoms with Gasteiger partial charge in [0.1, 0.15) is 12.3 Å². The zero-order chi connectivity index (χ0) is 27.5. The predicted octanol–water partition coefficient (Wildman–Crippen LogP) is 4.88. The maximum absolute atomic E-state index is 13.5. The quantitative estimate of drug-likeness (QED) is 0.236. The molecule has 0 saturated heterocycles. The van der Waals surface area contributed by atoms with Gasteiger partial charge in [0, 0.05) is 5.02 Å². The second-order valence-electron chi connectivity index (χ2n) is 7.92. The van der Waals surface area contributed by atoms with Crippen LogP contribution in [0.5, 0.6) is 17.2 Å². The van der Waals surface area contributed by atoms with E-state index in [1.807, 2.05) is 13.8 Å². The number of rotatable bonds is 13. The average Bonchev–Trinajstić information content (AvgIpc) is 2.92. The minimum absolute atomic E-state index is 0.00663. The number of ether oxygens (including phenoxy) is 3. The summed E-state index contributed by atoms with van der Waals surface area (Å²) in [5.74, 6) is 0.742. The summed E-state index contributed by atoms with van der Waals surface area (Å²) in [5, 5.41) is 4.28. The van der Waals surface area contributed by atoms with Crippen LogP contribution in [-0.4, -0.2) is 47.4 Å². The van der Waals surface area contributed by atoms with Crippen molar-refractivity contribution in [1.82, 2.24) is 5.43 Å². The summed E-state index contributed by atoms with van der Waals surface area (Å²) in [7, 11) is -2.75. The third kappa shape index (κ3) is 7.39. The normalized spacial score (nSPS) is 11.3. The van der Waals surface area contributed by atoms with E-state index in [9.17, 15) is 13.2 Å². The van der Waals surface area contributed by atoms with Gasteiger partial charge in [0.2, 0.25) is 0 Å². The molecule has 202 valence electrons. The lowest BCUT2D eigenvalue weighted by Gasteiger charge is -2.25. The van der Waals surface area contributed by atoms with Gasteiger partial charge in [-0.05, 0) is 67.4 Å². The van der Waals surface area contributed by atoms with E-state index in [0.717, 1.165) is 10.7 Å². The van der Waals surface area contributed by atoms with Gasteiger partial charge < -0.3 is 14.2 Å². The third-order valence-electron chi connectivity index (χ3n) is 5.16. The van der Waals surface area contributed by atoms with E-state index in [-0.39, 0.29) is 21.4 Å². The van der Waals surface area contributed by atoms with Crippen molar-refractivity contribution in [2.45, 2.75) is 25.2 Å². The van der Waals surface area contributed by atoms with Gasteiger partial charge in [-0.1, -0.05) is 36.7 Å². The number of carbonyl (C=O) groups excluding carboxylic acids is 1. The van der Waals surface area contributed by atoms with Gasteiger partial charge >= 0.3 is 0 Å². The first-order valence-corrected chi connectivity index (χ1v) is 13.7. The summed E-state index contributed by atoms with van der Waals surface area (Å²) in [6, 6.07) is 17.6. The molecule has 38 heavy (non-hydrogen) atoms. The Balaban J connectivity index is 1.84. The Bertz CT molecular complexity index is 1370. The standard InChI is InChI=1S/C27H30ClN3O6S/c1-4-15-37-25-13-11-20(16-26(25)36-5-2)18-29-30-27(32)19-31(23-17-21(28)12-14-24(23)35-3)38(33,34)22-9-7-6-8-10-22/h6-14,16-18H,4-5,15,19H2,1-3H3,(H,30,32)/b29-18-. The molecule has 9 nitrogen and oxygen atoms in total. The van der Waals surface area contributed by atoms with Crippen molar-refractivity contribution in [1.29, 1.82) is 0 Å². The number of anilines is 1. The molecule has 3 aromatic rings. The Labute approximate surface area is 228 Å². The number of hydrogen-bond acceptors (Lipinski definition) is 7. The average molecular weight is 560 g/mol. The topological polar surface area (TPSA) is 107 Å². The van der Waals surface area contributed by atoms with Crippen LogP contribution in [0.15, 0.2) is 76.7 Å². The second kappa shape index (κ2) is 13.7. The van der Waals surface area contributed by atoms with Crippen LogP contribution in [0.3, 0.4) is 0 Å². The van der Waals surface area contributed by atoms with Crippen molar-refractivity contribution in [2.24, 2.45) is 5.10 Å². The molecular weight excluding hydrogens is 530 g/mol. The zero-order valence-electron chi connectivity index (χ0n) is 21.4. The molecule has 0 radical (unpaired) electrons. The first-order chi connectivity index (χ1) is 18.3. The number of sulfonamides is 1. The molecule has 0 saturated carbocycles. The molecule has 0 spiro atoms. The van der Waals surface area contributed by atoms with Crippen LogP contribution in [0.1, 0.15) is 25.8 Å². The maximum atomic E-state index is 13.5. The van der Waals surface area contributed by atoms with E-state index in [4.69, 9.17) is 25.8 Å². The lowest BCUT2D eigenvalue weighted by molar-refractivity contribution is -0.119. The van der Waals surface area contributed by atoms with Gasteiger partial charge in [0.15, 0.2) is 11.5 Å². The van der Waals surface area contributed by atoms with Crippen LogP contribution in [0.25, 0.3) is 0 Å². The molecule has 0 heterocycles. The van der Waals surface area contributed by atoms with E-state index in [1.165, 1.54) is 37.6 Å². The minimum atomic E-state index is -4.15. The monoisotopic (exact) mass is 559 g/mol. The van der Waals surface area contributed by atoms with E-state index >= 15 is 0 Å². The molecule has 0 fully saturated rings. The molecule has 0 bridgehead atoms. The van der Waals surface area contributed by atoms with E-state index < -0.39 is 22.5 Å². The molecule has 11 heteroatoms. The lowest BCUT2D eigenvalue weighted by Crippen LogP contribution is -2.39.